The van der Waals surface area contributed by atoms with E-state index >= 15 is 0 Å². The third-order valence-electron chi connectivity index (χ3n) is 5.44. The summed E-state index contributed by atoms with van der Waals surface area (Å²) in [6.45, 7) is 0.896. The van der Waals surface area contributed by atoms with Crippen LogP contribution in [0.2, 0.25) is 0 Å². The fraction of sp³-hybridized carbons (Fsp3) is 0.529. The van der Waals surface area contributed by atoms with E-state index in [4.69, 9.17) is 9.57 Å². The molecule has 1 aliphatic carbocycles. The molecule has 1 aromatic rings. The number of morpholine rings is 1. The Bertz CT molecular complexity index is 884. The number of urea groups is 1. The molecule has 1 aliphatic heterocycles. The first kappa shape index (κ1) is 20.4. The van der Waals surface area contributed by atoms with Crippen LogP contribution in [0.15, 0.2) is 34.7 Å². The molecule has 3 amide bonds. The van der Waals surface area contributed by atoms with E-state index in [0.717, 1.165) is 5.56 Å². The SMILES string of the molecule is CNC(=O)NC(=O)C1([N+]2(OC)CCOC(c3ccccc3)C2)CC1N=S(=O)=O. The quantitative estimate of drug-likeness (QED) is 0.666. The smallest absolute Gasteiger partial charge is 0.321 e. The summed E-state index contributed by atoms with van der Waals surface area (Å²) in [5.74, 6) is -0.624. The van der Waals surface area contributed by atoms with E-state index < -0.39 is 34.0 Å². The Morgan fingerprint density at radius 3 is 2.64 bits per heavy atom. The predicted molar refractivity (Wildman–Crippen MR) is 97.2 cm³/mol. The molecule has 10 nitrogen and oxygen atoms in total. The number of carbonyl (C=O) groups is 2. The van der Waals surface area contributed by atoms with Crippen LogP contribution >= 0.6 is 0 Å². The molecule has 1 heterocycles. The summed E-state index contributed by atoms with van der Waals surface area (Å²) in [6.07, 6.45) is -0.197. The maximum atomic E-state index is 13.0. The van der Waals surface area contributed by atoms with Crippen LogP contribution in [0, 0.1) is 0 Å². The number of imide groups is 1. The van der Waals surface area contributed by atoms with Crippen molar-refractivity contribution in [2.75, 3.05) is 33.9 Å². The van der Waals surface area contributed by atoms with Gasteiger partial charge in [-0.15, -0.1) is 0 Å². The van der Waals surface area contributed by atoms with Crippen LogP contribution in [0.1, 0.15) is 18.1 Å². The molecule has 1 saturated heterocycles. The molecule has 0 bridgehead atoms. The molecule has 4 unspecified atom stereocenters. The molecule has 0 radical (unpaired) electrons. The van der Waals surface area contributed by atoms with Crippen molar-refractivity contribution < 1.29 is 32.2 Å². The number of amides is 3. The number of nitrogens with one attached hydrogen (secondary N) is 2. The zero-order valence-corrected chi connectivity index (χ0v) is 16.4. The predicted octanol–water partition coefficient (Wildman–Crippen LogP) is 0.166. The Labute approximate surface area is 164 Å². The molecule has 2 fully saturated rings. The number of nitrogens with zero attached hydrogens (tertiary/aromatic N) is 2. The van der Waals surface area contributed by atoms with Crippen LogP contribution in [0.5, 0.6) is 0 Å². The third-order valence-corrected chi connectivity index (χ3v) is 5.86. The van der Waals surface area contributed by atoms with Gasteiger partial charge in [0.15, 0.2) is 0 Å². The fourth-order valence-corrected chi connectivity index (χ4v) is 4.38. The van der Waals surface area contributed by atoms with Crippen LogP contribution in [-0.2, 0) is 24.9 Å². The summed E-state index contributed by atoms with van der Waals surface area (Å²) in [5, 5.41) is 4.58. The van der Waals surface area contributed by atoms with Crippen molar-refractivity contribution >= 4 is 22.4 Å². The van der Waals surface area contributed by atoms with Crippen LogP contribution in [-0.4, -0.2) is 70.4 Å². The molecule has 4 atom stereocenters. The molecular formula is C17H23N4O6S+. The van der Waals surface area contributed by atoms with Crippen molar-refractivity contribution in [2.45, 2.75) is 24.1 Å². The maximum absolute atomic E-state index is 13.0. The van der Waals surface area contributed by atoms with Crippen molar-refractivity contribution in [2.24, 2.45) is 4.36 Å². The largest absolute Gasteiger partial charge is 0.362 e. The van der Waals surface area contributed by atoms with Gasteiger partial charge in [-0.05, 0) is 5.56 Å². The lowest BCUT2D eigenvalue weighted by atomic mass is 10.0. The summed E-state index contributed by atoms with van der Waals surface area (Å²) >= 11 is 0. The third kappa shape index (κ3) is 3.53. The van der Waals surface area contributed by atoms with Gasteiger partial charge < -0.3 is 10.1 Å². The molecule has 2 aliphatic rings. The first-order chi connectivity index (χ1) is 13.4. The van der Waals surface area contributed by atoms with Gasteiger partial charge in [-0.3, -0.25) is 10.1 Å². The highest BCUT2D eigenvalue weighted by Gasteiger charge is 2.77. The Balaban J connectivity index is 1.98. The second kappa shape index (κ2) is 7.95. The minimum absolute atomic E-state index is 0.152. The van der Waals surface area contributed by atoms with E-state index in [1.807, 2.05) is 30.3 Å². The van der Waals surface area contributed by atoms with E-state index in [1.54, 1.807) is 0 Å². The molecule has 1 saturated carbocycles. The zero-order chi connectivity index (χ0) is 20.4. The molecule has 2 N–H and O–H groups in total. The van der Waals surface area contributed by atoms with Gasteiger partial charge in [0, 0.05) is 13.5 Å². The highest BCUT2D eigenvalue weighted by Crippen LogP contribution is 2.52. The molecule has 3 rings (SSSR count). The Morgan fingerprint density at radius 2 is 2.04 bits per heavy atom. The van der Waals surface area contributed by atoms with Gasteiger partial charge in [-0.2, -0.15) is 17.4 Å². The molecule has 1 aromatic carbocycles. The number of carbonyl (C=O) groups excluding carboxylic acids is 2. The molecule has 0 spiro atoms. The number of hydroxylamine groups is 3. The van der Waals surface area contributed by atoms with E-state index in [0.29, 0.717) is 13.2 Å². The van der Waals surface area contributed by atoms with E-state index in [1.165, 1.54) is 14.2 Å². The topological polar surface area (TPSA) is 123 Å². The first-order valence-electron chi connectivity index (χ1n) is 8.81. The van der Waals surface area contributed by atoms with Crippen molar-refractivity contribution in [1.82, 2.24) is 10.6 Å². The van der Waals surface area contributed by atoms with Crippen LogP contribution in [0.4, 0.5) is 4.79 Å². The number of ether oxygens (including phenoxy) is 1. The summed E-state index contributed by atoms with van der Waals surface area (Å²) in [5.41, 5.74) is -0.400. The molecule has 28 heavy (non-hydrogen) atoms. The van der Waals surface area contributed by atoms with E-state index in [-0.39, 0.29) is 23.7 Å². The average Bonchev–Trinajstić information content (AvgIpc) is 3.43. The first-order valence-corrected chi connectivity index (χ1v) is 9.84. The minimum Gasteiger partial charge on any atom is -0.362 e. The van der Waals surface area contributed by atoms with Gasteiger partial charge in [0.05, 0.1) is 13.7 Å². The molecule has 11 heteroatoms. The Morgan fingerprint density at radius 1 is 1.32 bits per heavy atom. The van der Waals surface area contributed by atoms with Crippen molar-refractivity contribution in [1.29, 1.82) is 0 Å². The van der Waals surface area contributed by atoms with Gasteiger partial charge in [-0.1, -0.05) is 30.3 Å². The Hall–Kier alpha value is -2.34. The normalized spacial score (nSPS) is 31.5. The average molecular weight is 411 g/mol. The van der Waals surface area contributed by atoms with Gasteiger partial charge >= 0.3 is 16.5 Å². The monoisotopic (exact) mass is 411 g/mol. The lowest BCUT2D eigenvalue weighted by molar-refractivity contribution is -1.13. The summed E-state index contributed by atoms with van der Waals surface area (Å²) < 4.78 is 31.7. The Kier molecular flexibility index (Phi) is 5.79. The van der Waals surface area contributed by atoms with E-state index in [2.05, 4.69) is 15.0 Å². The lowest BCUT2D eigenvalue weighted by Crippen LogP contribution is -2.68. The minimum atomic E-state index is -2.68. The standard InChI is InChI=1S/C17H22N4O6S/c1-18-16(23)19-15(22)17(10-14(17)20-28(24)25)21(26-2)8-9-27-13(11-21)12-6-4-3-5-7-12/h3-7,13-14H,8-11H2,1-2H3,(H-,18,19,22,23)/p+1. The number of benzene rings is 1. The maximum Gasteiger partial charge on any atom is 0.321 e. The molecule has 0 aromatic heterocycles. The van der Waals surface area contributed by atoms with Crippen LogP contribution < -0.4 is 10.6 Å². The van der Waals surface area contributed by atoms with Crippen molar-refractivity contribution in [3.63, 3.8) is 0 Å². The lowest BCUT2D eigenvalue weighted by Gasteiger charge is -2.45. The summed E-state index contributed by atoms with van der Waals surface area (Å²) in [7, 11) is 0.168. The van der Waals surface area contributed by atoms with Crippen molar-refractivity contribution in [3.05, 3.63) is 35.9 Å². The van der Waals surface area contributed by atoms with Crippen molar-refractivity contribution in [3.8, 4) is 0 Å². The fourth-order valence-electron chi connectivity index (χ4n) is 3.92. The number of rotatable bonds is 5. The number of hydrogen-bond donors (Lipinski definition) is 2. The molecular weight excluding hydrogens is 388 g/mol. The van der Waals surface area contributed by atoms with Gasteiger partial charge in [0.1, 0.15) is 25.2 Å². The van der Waals surface area contributed by atoms with Gasteiger partial charge in [0.25, 0.3) is 5.91 Å². The second-order valence-electron chi connectivity index (χ2n) is 6.75. The van der Waals surface area contributed by atoms with Crippen LogP contribution in [0.25, 0.3) is 0 Å². The number of quaternary nitrogens is 1. The van der Waals surface area contributed by atoms with Gasteiger partial charge in [0.2, 0.25) is 5.54 Å². The van der Waals surface area contributed by atoms with E-state index in [9.17, 15) is 18.0 Å². The molecule has 152 valence electrons. The van der Waals surface area contributed by atoms with Gasteiger partial charge in [-0.25, -0.2) is 9.63 Å². The number of hydrogen-bond acceptors (Lipinski definition) is 7. The van der Waals surface area contributed by atoms with Crippen LogP contribution in [0.3, 0.4) is 0 Å². The summed E-state index contributed by atoms with van der Waals surface area (Å²) in [4.78, 5) is 30.6. The second-order valence-corrected chi connectivity index (χ2v) is 7.39. The zero-order valence-electron chi connectivity index (χ0n) is 15.6. The summed E-state index contributed by atoms with van der Waals surface area (Å²) in [6, 6.07) is 8.00. The highest BCUT2D eigenvalue weighted by atomic mass is 32.2. The highest BCUT2D eigenvalue weighted by molar-refractivity contribution is 7.61.